The molecule has 0 radical (unpaired) electrons. The Hall–Kier alpha value is -2.50. The van der Waals surface area contributed by atoms with Crippen LogP contribution in [0, 0.1) is 0 Å². The van der Waals surface area contributed by atoms with Crippen LogP contribution in [0.15, 0.2) is 33.5 Å². The van der Waals surface area contributed by atoms with E-state index in [2.05, 4.69) is 4.74 Å². The lowest BCUT2D eigenvalue weighted by molar-refractivity contribution is -0.140. The number of benzene rings is 1. The van der Waals surface area contributed by atoms with Crippen molar-refractivity contribution in [3.05, 3.63) is 34.7 Å². The van der Waals surface area contributed by atoms with Crippen molar-refractivity contribution in [2.24, 2.45) is 0 Å². The number of anilines is 1. The predicted molar refractivity (Wildman–Crippen MR) is 73.6 cm³/mol. The monoisotopic (exact) mass is 277 g/mol. The molecule has 2 rings (SSSR count). The Morgan fingerprint density at radius 2 is 2.15 bits per heavy atom. The Kier molecular flexibility index (Phi) is 4.24. The molecule has 2 N–H and O–H groups in total. The second-order valence-electron chi connectivity index (χ2n) is 4.21. The zero-order valence-corrected chi connectivity index (χ0v) is 11.0. The highest BCUT2D eigenvalue weighted by Gasteiger charge is 2.05. The van der Waals surface area contributed by atoms with Crippen molar-refractivity contribution in [1.82, 2.24) is 0 Å². The molecule has 0 amide bonds. The molecule has 0 bridgehead atoms. The van der Waals surface area contributed by atoms with Crippen molar-refractivity contribution in [2.75, 3.05) is 19.5 Å². The van der Waals surface area contributed by atoms with E-state index in [9.17, 15) is 9.59 Å². The van der Waals surface area contributed by atoms with Crippen molar-refractivity contribution in [3.8, 4) is 5.75 Å². The van der Waals surface area contributed by atoms with E-state index in [4.69, 9.17) is 14.9 Å². The molecule has 0 aliphatic heterocycles. The first-order valence-corrected chi connectivity index (χ1v) is 6.13. The number of hydrogen-bond donors (Lipinski definition) is 1. The first kappa shape index (κ1) is 13.9. The molecule has 1 aromatic heterocycles. The number of nitrogen functional groups attached to an aromatic ring is 1. The summed E-state index contributed by atoms with van der Waals surface area (Å²) >= 11 is 0. The standard InChI is InChI=1S/C14H15NO5/c1-18-13(16)3-2-6-19-9-4-5-10-11(15)8-14(17)20-12(10)7-9/h4-5,7-8H,2-3,6,15H2,1H3. The van der Waals surface area contributed by atoms with Gasteiger partial charge in [-0.25, -0.2) is 4.79 Å². The van der Waals surface area contributed by atoms with E-state index < -0.39 is 5.63 Å². The van der Waals surface area contributed by atoms with Gasteiger partial charge in [-0.3, -0.25) is 4.79 Å². The SMILES string of the molecule is COC(=O)CCCOc1ccc2c(N)cc(=O)oc2c1. The summed E-state index contributed by atoms with van der Waals surface area (Å²) in [6.07, 6.45) is 0.845. The fraction of sp³-hybridized carbons (Fsp3) is 0.286. The quantitative estimate of drug-likeness (QED) is 0.508. The summed E-state index contributed by atoms with van der Waals surface area (Å²) in [6, 6.07) is 6.30. The minimum Gasteiger partial charge on any atom is -0.493 e. The molecule has 0 fully saturated rings. The van der Waals surface area contributed by atoms with E-state index in [0.717, 1.165) is 0 Å². The Morgan fingerprint density at radius 1 is 1.35 bits per heavy atom. The molecule has 1 heterocycles. The third kappa shape index (κ3) is 3.28. The molecule has 106 valence electrons. The minimum atomic E-state index is -0.502. The molecule has 0 spiro atoms. The van der Waals surface area contributed by atoms with Gasteiger partial charge in [-0.05, 0) is 18.6 Å². The van der Waals surface area contributed by atoms with Crippen LogP contribution < -0.4 is 16.1 Å². The molecule has 0 saturated heterocycles. The number of esters is 1. The number of rotatable bonds is 5. The van der Waals surface area contributed by atoms with Crippen LogP contribution in [0.25, 0.3) is 11.0 Å². The predicted octanol–water partition coefficient (Wildman–Crippen LogP) is 1.71. The fourth-order valence-corrected chi connectivity index (χ4v) is 1.77. The summed E-state index contributed by atoms with van der Waals surface area (Å²) in [5.41, 5.74) is 5.97. The highest BCUT2D eigenvalue weighted by Crippen LogP contribution is 2.23. The molecular formula is C14H15NO5. The first-order chi connectivity index (χ1) is 9.60. The van der Waals surface area contributed by atoms with Gasteiger partial charge >= 0.3 is 11.6 Å². The summed E-state index contributed by atoms with van der Waals surface area (Å²) in [5.74, 6) is 0.280. The second-order valence-corrected chi connectivity index (χ2v) is 4.21. The Balaban J connectivity index is 2.05. The van der Waals surface area contributed by atoms with Crippen LogP contribution in [0.2, 0.25) is 0 Å². The number of fused-ring (bicyclic) bond motifs is 1. The maximum absolute atomic E-state index is 11.2. The summed E-state index contributed by atoms with van der Waals surface area (Å²) < 4.78 is 15.1. The van der Waals surface area contributed by atoms with Crippen LogP contribution in [0.5, 0.6) is 5.75 Å². The number of nitrogens with two attached hydrogens (primary N) is 1. The zero-order valence-electron chi connectivity index (χ0n) is 11.0. The van der Waals surface area contributed by atoms with Crippen molar-refractivity contribution >= 4 is 22.6 Å². The van der Waals surface area contributed by atoms with Gasteiger partial charge in [0.05, 0.1) is 13.7 Å². The summed E-state index contributed by atoms with van der Waals surface area (Å²) in [7, 11) is 1.35. The van der Waals surface area contributed by atoms with Crippen molar-refractivity contribution < 1.29 is 18.7 Å². The summed E-state index contributed by atoms with van der Waals surface area (Å²) in [6.45, 7) is 0.368. The molecular weight excluding hydrogens is 262 g/mol. The molecule has 0 atom stereocenters. The average molecular weight is 277 g/mol. The Bertz CT molecular complexity index is 677. The minimum absolute atomic E-state index is 0.272. The highest BCUT2D eigenvalue weighted by molar-refractivity contribution is 5.89. The number of methoxy groups -OCH3 is 1. The van der Waals surface area contributed by atoms with Crippen LogP contribution >= 0.6 is 0 Å². The fourth-order valence-electron chi connectivity index (χ4n) is 1.77. The van der Waals surface area contributed by atoms with E-state index in [1.165, 1.54) is 13.2 Å². The third-order valence-corrected chi connectivity index (χ3v) is 2.77. The molecule has 0 saturated carbocycles. The van der Waals surface area contributed by atoms with E-state index in [1.54, 1.807) is 18.2 Å². The van der Waals surface area contributed by atoms with E-state index in [-0.39, 0.29) is 5.97 Å². The van der Waals surface area contributed by atoms with Gasteiger partial charge in [0.1, 0.15) is 11.3 Å². The second kappa shape index (κ2) is 6.10. The number of carbonyl (C=O) groups is 1. The molecule has 0 aliphatic carbocycles. The molecule has 0 unspecified atom stereocenters. The van der Waals surface area contributed by atoms with Gasteiger partial charge in [0, 0.05) is 29.6 Å². The van der Waals surface area contributed by atoms with Gasteiger partial charge in [-0.15, -0.1) is 0 Å². The average Bonchev–Trinajstić information content (AvgIpc) is 2.42. The molecule has 6 heteroatoms. The molecule has 2 aromatic rings. The summed E-state index contributed by atoms with van der Waals surface area (Å²) in [5, 5.41) is 0.659. The van der Waals surface area contributed by atoms with Crippen LogP contribution in [0.3, 0.4) is 0 Å². The van der Waals surface area contributed by atoms with Crippen molar-refractivity contribution in [3.63, 3.8) is 0 Å². The molecule has 0 aliphatic rings. The van der Waals surface area contributed by atoms with Gasteiger partial charge in [-0.2, -0.15) is 0 Å². The van der Waals surface area contributed by atoms with Crippen molar-refractivity contribution in [2.45, 2.75) is 12.8 Å². The first-order valence-electron chi connectivity index (χ1n) is 6.13. The summed E-state index contributed by atoms with van der Waals surface area (Å²) in [4.78, 5) is 22.2. The van der Waals surface area contributed by atoms with E-state index >= 15 is 0 Å². The zero-order chi connectivity index (χ0) is 14.5. The topological polar surface area (TPSA) is 91.8 Å². The van der Waals surface area contributed by atoms with Crippen LogP contribution in [-0.2, 0) is 9.53 Å². The van der Waals surface area contributed by atoms with Gasteiger partial charge in [0.2, 0.25) is 0 Å². The Labute approximate surface area is 115 Å². The van der Waals surface area contributed by atoms with Crippen molar-refractivity contribution in [1.29, 1.82) is 0 Å². The lowest BCUT2D eigenvalue weighted by atomic mass is 10.2. The normalized spacial score (nSPS) is 10.4. The number of ether oxygens (including phenoxy) is 2. The number of hydrogen-bond acceptors (Lipinski definition) is 6. The molecule has 20 heavy (non-hydrogen) atoms. The molecule has 6 nitrogen and oxygen atoms in total. The van der Waals surface area contributed by atoms with Crippen LogP contribution in [0.1, 0.15) is 12.8 Å². The van der Waals surface area contributed by atoms with Crippen LogP contribution in [0.4, 0.5) is 5.69 Å². The van der Waals surface area contributed by atoms with Crippen LogP contribution in [-0.4, -0.2) is 19.7 Å². The van der Waals surface area contributed by atoms with E-state index in [1.807, 2.05) is 0 Å². The third-order valence-electron chi connectivity index (χ3n) is 2.77. The largest absolute Gasteiger partial charge is 0.493 e. The maximum Gasteiger partial charge on any atom is 0.338 e. The maximum atomic E-state index is 11.2. The lowest BCUT2D eigenvalue weighted by Gasteiger charge is -2.07. The lowest BCUT2D eigenvalue weighted by Crippen LogP contribution is -2.05. The van der Waals surface area contributed by atoms with Gasteiger partial charge in [0.25, 0.3) is 0 Å². The van der Waals surface area contributed by atoms with E-state index in [0.29, 0.717) is 41.9 Å². The van der Waals surface area contributed by atoms with Gasteiger partial charge in [-0.1, -0.05) is 0 Å². The highest BCUT2D eigenvalue weighted by atomic mass is 16.5. The van der Waals surface area contributed by atoms with Gasteiger partial charge < -0.3 is 19.6 Å². The Morgan fingerprint density at radius 3 is 2.90 bits per heavy atom. The molecule has 1 aromatic carbocycles. The van der Waals surface area contributed by atoms with Gasteiger partial charge in [0.15, 0.2) is 0 Å². The smallest absolute Gasteiger partial charge is 0.338 e. The number of carbonyl (C=O) groups excluding carboxylic acids is 1.